The maximum Gasteiger partial charge on any atom is 0.161 e. The summed E-state index contributed by atoms with van der Waals surface area (Å²) < 4.78 is 10.5. The van der Waals surface area contributed by atoms with Gasteiger partial charge in [0.25, 0.3) is 0 Å². The molecule has 3 nitrogen and oxygen atoms in total. The highest BCUT2D eigenvalue weighted by molar-refractivity contribution is 5.74. The SMILES string of the molecule is COc1ccc(-c2cccc(N)c2C)cc1OC. The molecule has 0 saturated carbocycles. The summed E-state index contributed by atoms with van der Waals surface area (Å²) in [6.45, 7) is 2.02. The van der Waals surface area contributed by atoms with E-state index in [0.717, 1.165) is 33.9 Å². The lowest BCUT2D eigenvalue weighted by molar-refractivity contribution is 0.355. The number of rotatable bonds is 3. The monoisotopic (exact) mass is 243 g/mol. The van der Waals surface area contributed by atoms with Crippen LogP contribution < -0.4 is 15.2 Å². The molecule has 0 bridgehead atoms. The molecule has 0 aromatic heterocycles. The third-order valence-electron chi connectivity index (χ3n) is 3.07. The third-order valence-corrected chi connectivity index (χ3v) is 3.07. The van der Waals surface area contributed by atoms with Gasteiger partial charge in [0.2, 0.25) is 0 Å². The van der Waals surface area contributed by atoms with E-state index in [1.807, 2.05) is 43.3 Å². The number of nitrogen functional groups attached to an aromatic ring is 1. The van der Waals surface area contributed by atoms with Crippen LogP contribution in [-0.4, -0.2) is 14.2 Å². The van der Waals surface area contributed by atoms with Gasteiger partial charge in [-0.2, -0.15) is 0 Å². The Kier molecular flexibility index (Phi) is 3.42. The van der Waals surface area contributed by atoms with Crippen LogP contribution in [-0.2, 0) is 0 Å². The summed E-state index contributed by atoms with van der Waals surface area (Å²) >= 11 is 0. The fourth-order valence-electron chi connectivity index (χ4n) is 1.97. The Bertz CT molecular complexity index is 564. The largest absolute Gasteiger partial charge is 0.493 e. The topological polar surface area (TPSA) is 44.5 Å². The predicted molar refractivity (Wildman–Crippen MR) is 74.1 cm³/mol. The number of ether oxygens (including phenoxy) is 2. The van der Waals surface area contributed by atoms with Gasteiger partial charge in [0.1, 0.15) is 0 Å². The normalized spacial score (nSPS) is 10.2. The van der Waals surface area contributed by atoms with Crippen LogP contribution in [0.15, 0.2) is 36.4 Å². The van der Waals surface area contributed by atoms with Crippen LogP contribution in [0, 0.1) is 6.92 Å². The average Bonchev–Trinajstić information content (AvgIpc) is 2.41. The molecule has 0 saturated heterocycles. The van der Waals surface area contributed by atoms with Crippen LogP contribution in [0.3, 0.4) is 0 Å². The second kappa shape index (κ2) is 5.00. The average molecular weight is 243 g/mol. The molecule has 0 heterocycles. The van der Waals surface area contributed by atoms with Crippen LogP contribution in [0.4, 0.5) is 5.69 Å². The van der Waals surface area contributed by atoms with E-state index in [4.69, 9.17) is 15.2 Å². The Morgan fingerprint density at radius 2 is 1.67 bits per heavy atom. The van der Waals surface area contributed by atoms with Crippen molar-refractivity contribution in [2.45, 2.75) is 6.92 Å². The standard InChI is InChI=1S/C15H17NO2/c1-10-12(5-4-6-13(10)16)11-7-8-14(17-2)15(9-11)18-3/h4-9H,16H2,1-3H3. The van der Waals surface area contributed by atoms with Crippen molar-refractivity contribution in [3.05, 3.63) is 42.0 Å². The van der Waals surface area contributed by atoms with Crippen molar-refractivity contribution >= 4 is 5.69 Å². The molecular formula is C15H17NO2. The molecule has 3 heteroatoms. The summed E-state index contributed by atoms with van der Waals surface area (Å²) in [5.41, 5.74) is 9.97. The zero-order valence-electron chi connectivity index (χ0n) is 10.9. The molecule has 2 aromatic carbocycles. The van der Waals surface area contributed by atoms with E-state index >= 15 is 0 Å². The Morgan fingerprint density at radius 1 is 0.944 bits per heavy atom. The van der Waals surface area contributed by atoms with E-state index in [0.29, 0.717) is 0 Å². The molecule has 0 fully saturated rings. The smallest absolute Gasteiger partial charge is 0.161 e. The molecule has 0 aliphatic rings. The minimum Gasteiger partial charge on any atom is -0.493 e. The lowest BCUT2D eigenvalue weighted by Crippen LogP contribution is -1.94. The summed E-state index contributed by atoms with van der Waals surface area (Å²) in [5, 5.41) is 0. The highest BCUT2D eigenvalue weighted by atomic mass is 16.5. The van der Waals surface area contributed by atoms with Crippen molar-refractivity contribution in [3.63, 3.8) is 0 Å². The van der Waals surface area contributed by atoms with E-state index in [-0.39, 0.29) is 0 Å². The van der Waals surface area contributed by atoms with Crippen LogP contribution in [0.5, 0.6) is 11.5 Å². The molecule has 2 rings (SSSR count). The Morgan fingerprint density at radius 3 is 2.33 bits per heavy atom. The molecule has 0 aliphatic carbocycles. The van der Waals surface area contributed by atoms with Gasteiger partial charge in [-0.3, -0.25) is 0 Å². The number of hydrogen-bond donors (Lipinski definition) is 1. The summed E-state index contributed by atoms with van der Waals surface area (Å²) in [5.74, 6) is 1.44. The summed E-state index contributed by atoms with van der Waals surface area (Å²) in [7, 11) is 3.26. The van der Waals surface area contributed by atoms with Crippen LogP contribution in [0.1, 0.15) is 5.56 Å². The van der Waals surface area contributed by atoms with Crippen molar-refractivity contribution in [2.24, 2.45) is 0 Å². The first-order chi connectivity index (χ1) is 8.67. The van der Waals surface area contributed by atoms with Gasteiger partial charge >= 0.3 is 0 Å². The molecule has 0 spiro atoms. The zero-order chi connectivity index (χ0) is 13.1. The summed E-state index contributed by atoms with van der Waals surface area (Å²) in [6, 6.07) is 11.8. The van der Waals surface area contributed by atoms with Crippen molar-refractivity contribution in [3.8, 4) is 22.6 Å². The molecule has 0 atom stereocenters. The number of nitrogens with two attached hydrogens (primary N) is 1. The summed E-state index contributed by atoms with van der Waals surface area (Å²) in [6.07, 6.45) is 0. The van der Waals surface area contributed by atoms with Gasteiger partial charge in [-0.05, 0) is 41.8 Å². The van der Waals surface area contributed by atoms with E-state index in [2.05, 4.69) is 0 Å². The molecule has 94 valence electrons. The molecule has 2 aromatic rings. The van der Waals surface area contributed by atoms with Gasteiger partial charge in [0.05, 0.1) is 14.2 Å². The van der Waals surface area contributed by atoms with Crippen LogP contribution in [0.25, 0.3) is 11.1 Å². The first kappa shape index (κ1) is 12.3. The van der Waals surface area contributed by atoms with E-state index in [9.17, 15) is 0 Å². The van der Waals surface area contributed by atoms with Gasteiger partial charge in [0, 0.05) is 5.69 Å². The molecular weight excluding hydrogens is 226 g/mol. The molecule has 18 heavy (non-hydrogen) atoms. The minimum absolute atomic E-state index is 0.719. The summed E-state index contributed by atoms with van der Waals surface area (Å²) in [4.78, 5) is 0. The van der Waals surface area contributed by atoms with Gasteiger partial charge in [-0.15, -0.1) is 0 Å². The third kappa shape index (κ3) is 2.12. The van der Waals surface area contributed by atoms with Gasteiger partial charge < -0.3 is 15.2 Å². The second-order valence-corrected chi connectivity index (χ2v) is 4.09. The van der Waals surface area contributed by atoms with Crippen LogP contribution in [0.2, 0.25) is 0 Å². The molecule has 0 unspecified atom stereocenters. The van der Waals surface area contributed by atoms with Crippen molar-refractivity contribution in [2.75, 3.05) is 20.0 Å². The Labute approximate surface area is 107 Å². The number of anilines is 1. The van der Waals surface area contributed by atoms with E-state index < -0.39 is 0 Å². The predicted octanol–water partition coefficient (Wildman–Crippen LogP) is 3.26. The highest BCUT2D eigenvalue weighted by Crippen LogP contribution is 2.34. The Hall–Kier alpha value is -2.16. The van der Waals surface area contributed by atoms with Gasteiger partial charge in [-0.25, -0.2) is 0 Å². The van der Waals surface area contributed by atoms with Gasteiger partial charge in [0.15, 0.2) is 11.5 Å². The van der Waals surface area contributed by atoms with E-state index in [1.165, 1.54) is 0 Å². The molecule has 0 radical (unpaired) electrons. The molecule has 2 N–H and O–H groups in total. The Balaban J connectivity index is 2.54. The number of benzene rings is 2. The minimum atomic E-state index is 0.719. The quantitative estimate of drug-likeness (QED) is 0.841. The van der Waals surface area contributed by atoms with E-state index in [1.54, 1.807) is 14.2 Å². The maximum absolute atomic E-state index is 5.93. The van der Waals surface area contributed by atoms with Crippen molar-refractivity contribution in [1.29, 1.82) is 0 Å². The number of hydrogen-bond acceptors (Lipinski definition) is 3. The molecule has 0 amide bonds. The van der Waals surface area contributed by atoms with Crippen LogP contribution >= 0.6 is 0 Å². The fraction of sp³-hybridized carbons (Fsp3) is 0.200. The molecule has 0 aliphatic heterocycles. The zero-order valence-corrected chi connectivity index (χ0v) is 10.9. The van der Waals surface area contributed by atoms with Crippen molar-refractivity contribution in [1.82, 2.24) is 0 Å². The number of methoxy groups -OCH3 is 2. The fourth-order valence-corrected chi connectivity index (χ4v) is 1.97. The first-order valence-electron chi connectivity index (χ1n) is 5.75. The van der Waals surface area contributed by atoms with Gasteiger partial charge in [-0.1, -0.05) is 18.2 Å². The first-order valence-corrected chi connectivity index (χ1v) is 5.75. The lowest BCUT2D eigenvalue weighted by atomic mass is 9.99. The van der Waals surface area contributed by atoms with Crippen molar-refractivity contribution < 1.29 is 9.47 Å². The second-order valence-electron chi connectivity index (χ2n) is 4.09. The highest BCUT2D eigenvalue weighted by Gasteiger charge is 2.08. The lowest BCUT2D eigenvalue weighted by Gasteiger charge is -2.12. The maximum atomic E-state index is 5.93.